The van der Waals surface area contributed by atoms with Crippen molar-refractivity contribution >= 4 is 34.0 Å². The summed E-state index contributed by atoms with van der Waals surface area (Å²) in [6, 6.07) is 17.6. The van der Waals surface area contributed by atoms with Crippen molar-refractivity contribution in [1.82, 2.24) is 15.2 Å². The molecule has 1 unspecified atom stereocenters. The van der Waals surface area contributed by atoms with Gasteiger partial charge in [-0.05, 0) is 62.9 Å². The van der Waals surface area contributed by atoms with Gasteiger partial charge in [0.15, 0.2) is 0 Å². The van der Waals surface area contributed by atoms with Crippen LogP contribution in [0.1, 0.15) is 37.7 Å². The van der Waals surface area contributed by atoms with Crippen LogP contribution in [0.5, 0.6) is 0 Å². The number of carbonyl (C=O) groups excluding carboxylic acids is 2. The van der Waals surface area contributed by atoms with Crippen LogP contribution in [-0.2, 0) is 16.1 Å². The Morgan fingerprint density at radius 2 is 1.79 bits per heavy atom. The Labute approximate surface area is 194 Å². The van der Waals surface area contributed by atoms with Crippen molar-refractivity contribution in [2.24, 2.45) is 5.92 Å². The predicted molar refractivity (Wildman–Crippen MR) is 132 cm³/mol. The molecular formula is C27H30N4O2. The molecule has 1 atom stereocenters. The lowest BCUT2D eigenvalue weighted by Crippen LogP contribution is -2.24. The molecule has 170 valence electrons. The van der Waals surface area contributed by atoms with E-state index in [9.17, 15) is 9.59 Å². The largest absolute Gasteiger partial charge is 0.350 e. The van der Waals surface area contributed by atoms with Crippen LogP contribution < -0.4 is 16.0 Å². The standard InChI is InChI=1S/C27H30N4O2/c32-26-24(25(27(33)30-26)29-20-11-2-1-3-12-20)22-18-31(23-14-5-4-13-21(22)23)16-8-10-19-9-6-7-15-28-17-19/h1-5,11-14,18-19,28H,6-10,15-17H2,(H2,29,30,32,33). The van der Waals surface area contributed by atoms with E-state index in [4.69, 9.17) is 0 Å². The van der Waals surface area contributed by atoms with Gasteiger partial charge in [0.05, 0.1) is 5.57 Å². The van der Waals surface area contributed by atoms with Gasteiger partial charge in [0, 0.05) is 34.9 Å². The lowest BCUT2D eigenvalue weighted by atomic mass is 9.98. The Morgan fingerprint density at radius 1 is 0.970 bits per heavy atom. The maximum atomic E-state index is 12.8. The lowest BCUT2D eigenvalue weighted by Gasteiger charge is -2.14. The summed E-state index contributed by atoms with van der Waals surface area (Å²) in [5.41, 5.74) is 3.37. The summed E-state index contributed by atoms with van der Waals surface area (Å²) in [6.45, 7) is 3.14. The fourth-order valence-corrected chi connectivity index (χ4v) is 5.02. The highest BCUT2D eigenvalue weighted by molar-refractivity contribution is 6.38. The molecule has 2 amide bonds. The number of nitrogens with one attached hydrogen (secondary N) is 3. The maximum absolute atomic E-state index is 12.8. The molecule has 6 nitrogen and oxygen atoms in total. The van der Waals surface area contributed by atoms with E-state index in [2.05, 4.69) is 26.6 Å². The van der Waals surface area contributed by atoms with Crippen LogP contribution in [0, 0.1) is 5.92 Å². The third-order valence-corrected chi connectivity index (χ3v) is 6.69. The first-order valence-electron chi connectivity index (χ1n) is 11.9. The fraction of sp³-hybridized carbons (Fsp3) is 0.333. The van der Waals surface area contributed by atoms with Crippen molar-refractivity contribution in [3.63, 3.8) is 0 Å². The number of fused-ring (bicyclic) bond motifs is 1. The number of carbonyl (C=O) groups is 2. The van der Waals surface area contributed by atoms with Crippen LogP contribution >= 0.6 is 0 Å². The van der Waals surface area contributed by atoms with Gasteiger partial charge in [-0.2, -0.15) is 0 Å². The third-order valence-electron chi connectivity index (χ3n) is 6.69. The van der Waals surface area contributed by atoms with Crippen LogP contribution in [0.3, 0.4) is 0 Å². The molecule has 0 aliphatic carbocycles. The first kappa shape index (κ1) is 21.5. The Kier molecular flexibility index (Phi) is 6.26. The SMILES string of the molecule is O=C1NC(=O)C(c2cn(CCCC3CCCCNC3)c3ccccc23)=C1Nc1ccccc1. The van der Waals surface area contributed by atoms with Gasteiger partial charge < -0.3 is 15.2 Å². The summed E-state index contributed by atoms with van der Waals surface area (Å²) in [7, 11) is 0. The van der Waals surface area contributed by atoms with Gasteiger partial charge in [0.25, 0.3) is 11.8 Å². The molecule has 0 radical (unpaired) electrons. The molecule has 0 spiro atoms. The smallest absolute Gasteiger partial charge is 0.275 e. The molecule has 0 saturated carbocycles. The van der Waals surface area contributed by atoms with Crippen LogP contribution in [-0.4, -0.2) is 29.5 Å². The number of para-hydroxylation sites is 2. The molecule has 1 fully saturated rings. The molecule has 5 rings (SSSR count). The number of hydrogen-bond acceptors (Lipinski definition) is 4. The zero-order valence-electron chi connectivity index (χ0n) is 18.8. The number of rotatable bonds is 7. The highest BCUT2D eigenvalue weighted by Gasteiger charge is 2.33. The van der Waals surface area contributed by atoms with Gasteiger partial charge in [0.1, 0.15) is 5.70 Å². The van der Waals surface area contributed by atoms with E-state index in [1.54, 1.807) is 0 Å². The first-order valence-corrected chi connectivity index (χ1v) is 11.9. The molecule has 33 heavy (non-hydrogen) atoms. The molecule has 6 heteroatoms. The fourth-order valence-electron chi connectivity index (χ4n) is 5.02. The van der Waals surface area contributed by atoms with E-state index in [0.717, 1.165) is 54.1 Å². The van der Waals surface area contributed by atoms with E-state index in [1.165, 1.54) is 25.7 Å². The Hall–Kier alpha value is -3.38. The van der Waals surface area contributed by atoms with Gasteiger partial charge in [-0.3, -0.25) is 14.9 Å². The van der Waals surface area contributed by atoms with Gasteiger partial charge in [-0.1, -0.05) is 42.8 Å². The summed E-state index contributed by atoms with van der Waals surface area (Å²) in [5.74, 6) is -0.0150. The van der Waals surface area contributed by atoms with Crippen molar-refractivity contribution in [3.05, 3.63) is 72.1 Å². The summed E-state index contributed by atoms with van der Waals surface area (Å²) < 4.78 is 2.23. The van der Waals surface area contributed by atoms with Crippen LogP contribution in [0.4, 0.5) is 5.69 Å². The van der Waals surface area contributed by atoms with Crippen molar-refractivity contribution in [2.45, 2.75) is 38.6 Å². The van der Waals surface area contributed by atoms with Gasteiger partial charge >= 0.3 is 0 Å². The molecule has 2 aliphatic heterocycles. The Morgan fingerprint density at radius 3 is 2.67 bits per heavy atom. The van der Waals surface area contributed by atoms with Gasteiger partial charge in [-0.25, -0.2) is 0 Å². The van der Waals surface area contributed by atoms with Gasteiger partial charge in [-0.15, -0.1) is 0 Å². The minimum absolute atomic E-state index is 0.304. The summed E-state index contributed by atoms with van der Waals surface area (Å²) in [5, 5.41) is 10.2. The molecule has 3 N–H and O–H groups in total. The zero-order valence-corrected chi connectivity index (χ0v) is 18.8. The number of hydrogen-bond donors (Lipinski definition) is 3. The molecule has 1 aromatic heterocycles. The number of benzene rings is 2. The number of anilines is 1. The molecule has 2 aromatic carbocycles. The minimum Gasteiger partial charge on any atom is -0.350 e. The number of imide groups is 1. The second kappa shape index (κ2) is 9.63. The lowest BCUT2D eigenvalue weighted by molar-refractivity contribution is -0.123. The summed E-state index contributed by atoms with van der Waals surface area (Å²) in [6.07, 6.45) is 8.20. The van der Waals surface area contributed by atoms with Crippen molar-refractivity contribution in [3.8, 4) is 0 Å². The second-order valence-corrected chi connectivity index (χ2v) is 8.99. The Bertz CT molecular complexity index is 1190. The highest BCUT2D eigenvalue weighted by atomic mass is 16.2. The first-order chi connectivity index (χ1) is 16.2. The Balaban J connectivity index is 1.45. The second-order valence-electron chi connectivity index (χ2n) is 8.99. The predicted octanol–water partition coefficient (Wildman–Crippen LogP) is 4.29. The number of aromatic nitrogens is 1. The zero-order chi connectivity index (χ0) is 22.6. The van der Waals surface area contributed by atoms with Crippen LogP contribution in [0.2, 0.25) is 0 Å². The maximum Gasteiger partial charge on any atom is 0.275 e. The summed E-state index contributed by atoms with van der Waals surface area (Å²) >= 11 is 0. The molecular weight excluding hydrogens is 412 g/mol. The molecule has 0 bridgehead atoms. The third kappa shape index (κ3) is 4.57. The molecule has 3 heterocycles. The molecule has 2 aliphatic rings. The molecule has 1 saturated heterocycles. The van der Waals surface area contributed by atoms with Crippen LogP contribution in [0.25, 0.3) is 16.5 Å². The monoisotopic (exact) mass is 442 g/mol. The quantitative estimate of drug-likeness (QED) is 0.477. The molecule has 3 aromatic rings. The average molecular weight is 443 g/mol. The number of aryl methyl sites for hydroxylation is 1. The van der Waals surface area contributed by atoms with Gasteiger partial charge in [0.2, 0.25) is 0 Å². The van der Waals surface area contributed by atoms with Crippen molar-refractivity contribution in [1.29, 1.82) is 0 Å². The normalized spacial score (nSPS) is 19.1. The highest BCUT2D eigenvalue weighted by Crippen LogP contribution is 2.33. The van der Waals surface area contributed by atoms with Crippen molar-refractivity contribution < 1.29 is 9.59 Å². The number of nitrogens with zero attached hydrogens (tertiary/aromatic N) is 1. The van der Waals surface area contributed by atoms with E-state index < -0.39 is 5.91 Å². The van der Waals surface area contributed by atoms with E-state index >= 15 is 0 Å². The van der Waals surface area contributed by atoms with E-state index in [0.29, 0.717) is 11.3 Å². The summed E-state index contributed by atoms with van der Waals surface area (Å²) in [4.78, 5) is 25.5. The van der Waals surface area contributed by atoms with Crippen LogP contribution in [0.15, 0.2) is 66.5 Å². The minimum atomic E-state index is -0.392. The number of amides is 2. The average Bonchev–Trinajstić information content (AvgIpc) is 3.17. The van der Waals surface area contributed by atoms with Crippen molar-refractivity contribution in [2.75, 3.05) is 18.4 Å². The van der Waals surface area contributed by atoms with E-state index in [1.807, 2.05) is 54.7 Å². The topological polar surface area (TPSA) is 75.2 Å². The van der Waals surface area contributed by atoms with E-state index in [-0.39, 0.29) is 5.91 Å².